The molecule has 0 heterocycles. The smallest absolute Gasteiger partial charge is 0.360 e. The molecule has 0 aliphatic carbocycles. The van der Waals surface area contributed by atoms with Gasteiger partial charge in [-0.2, -0.15) is 13.2 Å². The molecule has 0 atom stereocenters. The zero-order chi connectivity index (χ0) is 13.8. The minimum absolute atomic E-state index is 0.00257. The maximum absolute atomic E-state index is 13.7. The number of nitrogens with zero attached hydrogens (tertiary/aromatic N) is 1. The van der Waals surface area contributed by atoms with Gasteiger partial charge in [0.05, 0.1) is 5.69 Å². The molecule has 0 aromatic heterocycles. The van der Waals surface area contributed by atoms with Crippen LogP contribution in [0.2, 0.25) is 0 Å². The summed E-state index contributed by atoms with van der Waals surface area (Å²) < 4.78 is 51.1. The van der Waals surface area contributed by atoms with Crippen molar-refractivity contribution in [3.8, 4) is 0 Å². The summed E-state index contributed by atoms with van der Waals surface area (Å²) in [5.41, 5.74) is 5.89. The molecule has 2 nitrogen and oxygen atoms in total. The average molecular weight is 264 g/mol. The predicted molar refractivity (Wildman–Crippen MR) is 63.1 cm³/mol. The van der Waals surface area contributed by atoms with E-state index in [9.17, 15) is 17.6 Å². The molecule has 6 heteroatoms. The van der Waals surface area contributed by atoms with Crippen LogP contribution in [0.25, 0.3) is 0 Å². The summed E-state index contributed by atoms with van der Waals surface area (Å²) in [6.45, 7) is 0.741. The molecule has 0 saturated carbocycles. The van der Waals surface area contributed by atoms with Crippen LogP contribution in [-0.4, -0.2) is 25.8 Å². The van der Waals surface area contributed by atoms with Crippen molar-refractivity contribution in [2.45, 2.75) is 19.5 Å². The fourth-order valence-corrected chi connectivity index (χ4v) is 1.84. The van der Waals surface area contributed by atoms with Crippen LogP contribution in [0.5, 0.6) is 0 Å². The van der Waals surface area contributed by atoms with Gasteiger partial charge in [-0.15, -0.1) is 0 Å². The van der Waals surface area contributed by atoms with Crippen LogP contribution < -0.4 is 10.6 Å². The van der Waals surface area contributed by atoms with Gasteiger partial charge >= 0.3 is 6.18 Å². The van der Waals surface area contributed by atoms with Gasteiger partial charge in [0.25, 0.3) is 0 Å². The lowest BCUT2D eigenvalue weighted by molar-refractivity contribution is -0.119. The van der Waals surface area contributed by atoms with E-state index in [-0.39, 0.29) is 18.8 Å². The highest BCUT2D eigenvalue weighted by Crippen LogP contribution is 2.28. The molecule has 0 aliphatic heterocycles. The first-order valence-corrected chi connectivity index (χ1v) is 5.68. The third-order valence-corrected chi connectivity index (χ3v) is 2.55. The predicted octanol–water partition coefficient (Wildman–Crippen LogP) is 2.72. The molecule has 1 rings (SSSR count). The van der Waals surface area contributed by atoms with Gasteiger partial charge in [0.15, 0.2) is 0 Å². The largest absolute Gasteiger partial charge is 0.405 e. The molecule has 1 aromatic carbocycles. The van der Waals surface area contributed by atoms with E-state index in [2.05, 4.69) is 0 Å². The lowest BCUT2D eigenvalue weighted by Crippen LogP contribution is -2.35. The molecule has 1 aromatic rings. The van der Waals surface area contributed by atoms with Crippen LogP contribution >= 0.6 is 0 Å². The minimum atomic E-state index is -4.36. The second kappa shape index (κ2) is 6.04. The van der Waals surface area contributed by atoms with Crippen molar-refractivity contribution >= 4 is 5.69 Å². The Morgan fingerprint density at radius 3 is 2.44 bits per heavy atom. The fourth-order valence-electron chi connectivity index (χ4n) is 1.84. The Balaban J connectivity index is 3.11. The van der Waals surface area contributed by atoms with Crippen LogP contribution in [0.3, 0.4) is 0 Å². The van der Waals surface area contributed by atoms with E-state index < -0.39 is 18.5 Å². The third kappa shape index (κ3) is 3.87. The molecular weight excluding hydrogens is 248 g/mol. The molecule has 102 valence electrons. The molecule has 0 amide bonds. The summed E-state index contributed by atoms with van der Waals surface area (Å²) in [5.74, 6) is -0.646. The first-order valence-electron chi connectivity index (χ1n) is 5.68. The van der Waals surface area contributed by atoms with Crippen molar-refractivity contribution in [3.05, 3.63) is 29.6 Å². The number of alkyl halides is 3. The van der Waals surface area contributed by atoms with Gasteiger partial charge in [0, 0.05) is 6.54 Å². The SMILES string of the molecule is CCN(CC(F)(F)F)c1c(F)cccc1CCN. The first kappa shape index (κ1) is 14.8. The molecule has 0 fully saturated rings. The topological polar surface area (TPSA) is 29.3 Å². The zero-order valence-corrected chi connectivity index (χ0v) is 10.1. The van der Waals surface area contributed by atoms with Gasteiger partial charge in [-0.3, -0.25) is 0 Å². The Kier molecular flexibility index (Phi) is 4.95. The van der Waals surface area contributed by atoms with Gasteiger partial charge in [-0.1, -0.05) is 12.1 Å². The van der Waals surface area contributed by atoms with Gasteiger partial charge in [-0.05, 0) is 31.5 Å². The van der Waals surface area contributed by atoms with Gasteiger partial charge in [-0.25, -0.2) is 4.39 Å². The summed E-state index contributed by atoms with van der Waals surface area (Å²) in [6.07, 6.45) is -4.01. The van der Waals surface area contributed by atoms with Crippen LogP contribution in [0.4, 0.5) is 23.2 Å². The molecule has 0 bridgehead atoms. The van der Waals surface area contributed by atoms with Crippen molar-refractivity contribution in [3.63, 3.8) is 0 Å². The number of hydrogen-bond donors (Lipinski definition) is 1. The quantitative estimate of drug-likeness (QED) is 0.828. The fraction of sp³-hybridized carbons (Fsp3) is 0.500. The van der Waals surface area contributed by atoms with Gasteiger partial charge in [0.1, 0.15) is 12.4 Å². The number of halogens is 4. The Bertz CT molecular complexity index is 390. The average Bonchev–Trinajstić information content (AvgIpc) is 2.26. The second-order valence-electron chi connectivity index (χ2n) is 3.92. The number of rotatable bonds is 5. The Hall–Kier alpha value is -1.30. The van der Waals surface area contributed by atoms with E-state index in [1.54, 1.807) is 13.0 Å². The molecule has 0 unspecified atom stereocenters. The molecule has 2 N–H and O–H groups in total. The van der Waals surface area contributed by atoms with Crippen molar-refractivity contribution in [2.75, 3.05) is 24.5 Å². The highest BCUT2D eigenvalue weighted by atomic mass is 19.4. The highest BCUT2D eigenvalue weighted by Gasteiger charge is 2.31. The normalized spacial score (nSPS) is 11.7. The van der Waals surface area contributed by atoms with Gasteiger partial charge in [0.2, 0.25) is 0 Å². The minimum Gasteiger partial charge on any atom is -0.360 e. The Labute approximate surface area is 103 Å². The van der Waals surface area contributed by atoms with E-state index in [1.807, 2.05) is 0 Å². The van der Waals surface area contributed by atoms with E-state index in [1.165, 1.54) is 6.07 Å². The Morgan fingerprint density at radius 2 is 1.94 bits per heavy atom. The Morgan fingerprint density at radius 1 is 1.28 bits per heavy atom. The number of nitrogens with two attached hydrogens (primary N) is 1. The monoisotopic (exact) mass is 264 g/mol. The third-order valence-electron chi connectivity index (χ3n) is 2.55. The second-order valence-corrected chi connectivity index (χ2v) is 3.92. The summed E-state index contributed by atoms with van der Waals surface area (Å²) in [5, 5.41) is 0. The standard InChI is InChI=1S/C12H16F4N2/c1-2-18(8-12(14,15)16)11-9(6-7-17)4-3-5-10(11)13/h3-5H,2,6-8,17H2,1H3. The number of anilines is 1. The van der Waals surface area contributed by atoms with Crippen molar-refractivity contribution in [1.82, 2.24) is 0 Å². The summed E-state index contributed by atoms with van der Waals surface area (Å²) >= 11 is 0. The van der Waals surface area contributed by atoms with E-state index in [0.29, 0.717) is 12.0 Å². The van der Waals surface area contributed by atoms with Crippen LogP contribution in [0, 0.1) is 5.82 Å². The van der Waals surface area contributed by atoms with Crippen molar-refractivity contribution in [2.24, 2.45) is 5.73 Å². The summed E-state index contributed by atoms with van der Waals surface area (Å²) in [7, 11) is 0. The summed E-state index contributed by atoms with van der Waals surface area (Å²) in [4.78, 5) is 0.986. The number of para-hydroxylation sites is 1. The summed E-state index contributed by atoms with van der Waals surface area (Å²) in [6, 6.07) is 4.24. The van der Waals surface area contributed by atoms with Crippen molar-refractivity contribution in [1.29, 1.82) is 0 Å². The zero-order valence-electron chi connectivity index (χ0n) is 10.1. The molecule has 0 aliphatic rings. The lowest BCUT2D eigenvalue weighted by Gasteiger charge is -2.27. The molecule has 0 saturated heterocycles. The van der Waals surface area contributed by atoms with E-state index >= 15 is 0 Å². The first-order chi connectivity index (χ1) is 8.39. The highest BCUT2D eigenvalue weighted by molar-refractivity contribution is 5.55. The molecule has 18 heavy (non-hydrogen) atoms. The molecule has 0 radical (unpaired) electrons. The van der Waals surface area contributed by atoms with Crippen LogP contribution in [0.15, 0.2) is 18.2 Å². The van der Waals surface area contributed by atoms with E-state index in [4.69, 9.17) is 5.73 Å². The number of hydrogen-bond acceptors (Lipinski definition) is 2. The molecule has 0 spiro atoms. The van der Waals surface area contributed by atoms with Crippen molar-refractivity contribution < 1.29 is 17.6 Å². The van der Waals surface area contributed by atoms with E-state index in [0.717, 1.165) is 11.0 Å². The van der Waals surface area contributed by atoms with Crippen LogP contribution in [-0.2, 0) is 6.42 Å². The lowest BCUT2D eigenvalue weighted by atomic mass is 10.1. The maximum Gasteiger partial charge on any atom is 0.405 e. The molecular formula is C12H16F4N2. The maximum atomic E-state index is 13.7. The van der Waals surface area contributed by atoms with Crippen LogP contribution in [0.1, 0.15) is 12.5 Å². The number of benzene rings is 1. The van der Waals surface area contributed by atoms with Gasteiger partial charge < -0.3 is 10.6 Å².